The number of aromatic nitrogens is 2. The van der Waals surface area contributed by atoms with E-state index in [2.05, 4.69) is 193 Å². The molecule has 11 aromatic carbocycles. The second-order valence-corrected chi connectivity index (χ2v) is 16.2. The lowest BCUT2D eigenvalue weighted by molar-refractivity contribution is 1.18. The number of benzene rings is 11. The van der Waals surface area contributed by atoms with Crippen molar-refractivity contribution in [1.82, 2.24) is 9.55 Å². The monoisotopic (exact) mass is 771 g/mol. The highest BCUT2D eigenvalue weighted by molar-refractivity contribution is 6.29. The van der Waals surface area contributed by atoms with Crippen LogP contribution in [0.15, 0.2) is 200 Å². The Morgan fingerprint density at radius 1 is 0.361 bits per heavy atom. The van der Waals surface area contributed by atoms with E-state index in [0.29, 0.717) is 5.56 Å². The summed E-state index contributed by atoms with van der Waals surface area (Å²) in [6.07, 6.45) is 0. The van der Waals surface area contributed by atoms with Crippen LogP contribution in [-0.2, 0) is 0 Å². The van der Waals surface area contributed by atoms with Crippen molar-refractivity contribution in [3.8, 4) is 56.5 Å². The van der Waals surface area contributed by atoms with Crippen LogP contribution in [0.5, 0.6) is 0 Å². The van der Waals surface area contributed by atoms with Gasteiger partial charge >= 0.3 is 0 Å². The number of fused-ring (bicyclic) bond motifs is 1. The smallest absolute Gasteiger partial charge is 0.0992 e. The summed E-state index contributed by atoms with van der Waals surface area (Å²) in [4.78, 5) is 5.18. The first-order valence-corrected chi connectivity index (χ1v) is 20.8. The highest BCUT2D eigenvalue weighted by Crippen LogP contribution is 2.46. The molecule has 0 spiro atoms. The highest BCUT2D eigenvalue weighted by Gasteiger charge is 2.21. The Morgan fingerprint density at radius 3 is 1.64 bits per heavy atom. The van der Waals surface area contributed by atoms with Gasteiger partial charge in [0.2, 0.25) is 0 Å². The largest absolute Gasteiger partial charge is 0.309 e. The Balaban J connectivity index is 1.01. The third kappa shape index (κ3) is 4.94. The molecule has 2 heterocycles. The molecule has 61 heavy (non-hydrogen) atoms. The molecule has 0 saturated heterocycles. The summed E-state index contributed by atoms with van der Waals surface area (Å²) >= 11 is 0. The minimum absolute atomic E-state index is 0.662. The van der Waals surface area contributed by atoms with Crippen LogP contribution >= 0.6 is 0 Å². The van der Waals surface area contributed by atoms with Gasteiger partial charge in [0.25, 0.3) is 0 Å². The van der Waals surface area contributed by atoms with Crippen LogP contribution in [-0.4, -0.2) is 9.55 Å². The Morgan fingerprint density at radius 2 is 0.902 bits per heavy atom. The van der Waals surface area contributed by atoms with Crippen molar-refractivity contribution in [2.24, 2.45) is 0 Å². The molecule has 0 unspecified atom stereocenters. The van der Waals surface area contributed by atoms with Crippen LogP contribution in [0.4, 0.5) is 0 Å². The third-order valence-electron chi connectivity index (χ3n) is 12.9. The zero-order chi connectivity index (χ0) is 40.2. The minimum Gasteiger partial charge on any atom is -0.309 e. The fourth-order valence-electron chi connectivity index (χ4n) is 10.2. The second kappa shape index (κ2) is 12.8. The first kappa shape index (κ1) is 33.6. The lowest BCUT2D eigenvalue weighted by Crippen LogP contribution is -1.94. The maximum atomic E-state index is 10.0. The Labute approximate surface area is 351 Å². The normalized spacial score (nSPS) is 11.9. The molecule has 13 rings (SSSR count). The maximum absolute atomic E-state index is 10.0. The molecule has 13 aromatic rings. The van der Waals surface area contributed by atoms with Gasteiger partial charge in [0.05, 0.1) is 34.1 Å². The van der Waals surface area contributed by atoms with Crippen molar-refractivity contribution in [2.45, 2.75) is 0 Å². The molecule has 3 heteroatoms. The van der Waals surface area contributed by atoms with Gasteiger partial charge in [-0.2, -0.15) is 5.26 Å². The molecule has 0 amide bonds. The molecule has 0 atom stereocenters. The van der Waals surface area contributed by atoms with Gasteiger partial charge in [-0.05, 0) is 125 Å². The van der Waals surface area contributed by atoms with E-state index in [-0.39, 0.29) is 0 Å². The quantitative estimate of drug-likeness (QED) is 0.164. The van der Waals surface area contributed by atoms with Crippen molar-refractivity contribution in [3.05, 3.63) is 206 Å². The molecule has 0 saturated carbocycles. The van der Waals surface area contributed by atoms with Gasteiger partial charge in [-0.15, -0.1) is 0 Å². The van der Waals surface area contributed by atoms with Gasteiger partial charge in [-0.3, -0.25) is 0 Å². The molecule has 3 nitrogen and oxygen atoms in total. The molecular formula is C58H33N3. The molecule has 2 aromatic heterocycles. The summed E-state index contributed by atoms with van der Waals surface area (Å²) in [5.74, 6) is 0. The van der Waals surface area contributed by atoms with E-state index in [4.69, 9.17) is 4.98 Å². The Bertz CT molecular complexity index is 3930. The highest BCUT2D eigenvalue weighted by atomic mass is 15.0. The predicted molar refractivity (Wildman–Crippen MR) is 255 cm³/mol. The van der Waals surface area contributed by atoms with E-state index < -0.39 is 0 Å². The molecule has 0 aliphatic heterocycles. The fourth-order valence-corrected chi connectivity index (χ4v) is 10.2. The number of nitrogens with zero attached hydrogens (tertiary/aromatic N) is 3. The average Bonchev–Trinajstić information content (AvgIpc) is 3.67. The zero-order valence-corrected chi connectivity index (χ0v) is 32.9. The van der Waals surface area contributed by atoms with Crippen LogP contribution in [0.25, 0.3) is 126 Å². The number of hydrogen-bond donors (Lipinski definition) is 0. The van der Waals surface area contributed by atoms with Gasteiger partial charge < -0.3 is 4.57 Å². The van der Waals surface area contributed by atoms with Crippen molar-refractivity contribution in [2.75, 3.05) is 0 Å². The van der Waals surface area contributed by atoms with E-state index in [1.165, 1.54) is 75.9 Å². The lowest BCUT2D eigenvalue weighted by atomic mass is 9.86. The molecular weight excluding hydrogens is 739 g/mol. The van der Waals surface area contributed by atoms with Crippen molar-refractivity contribution < 1.29 is 0 Å². The maximum Gasteiger partial charge on any atom is 0.0992 e. The number of hydrogen-bond acceptors (Lipinski definition) is 2. The van der Waals surface area contributed by atoms with Crippen molar-refractivity contribution in [3.63, 3.8) is 0 Å². The summed E-state index contributed by atoms with van der Waals surface area (Å²) in [6.45, 7) is 0. The van der Waals surface area contributed by atoms with Crippen LogP contribution in [0, 0.1) is 11.3 Å². The average molecular weight is 772 g/mol. The zero-order valence-electron chi connectivity index (χ0n) is 32.9. The van der Waals surface area contributed by atoms with Gasteiger partial charge in [-0.1, -0.05) is 152 Å². The van der Waals surface area contributed by atoms with Gasteiger partial charge in [0, 0.05) is 27.6 Å². The van der Waals surface area contributed by atoms with Crippen LogP contribution in [0.3, 0.4) is 0 Å². The standard InChI is InChI=1S/C58H33N3/c59-34-35-30-39-18-19-40-32-41(33-54-58(40)57(39)53(31-35)61(54)42-12-5-2-6-13-42)43-28-29-46(45-15-8-7-14-44(43)45)47-24-20-37-23-27-50-48(25-21-38-22-26-49(47)55(37)56(38)50)52-17-9-16-51(60-52)36-10-3-1-4-11-36/h1-33H. The third-order valence-corrected chi connectivity index (χ3v) is 12.9. The van der Waals surface area contributed by atoms with Crippen molar-refractivity contribution in [1.29, 1.82) is 5.26 Å². The van der Waals surface area contributed by atoms with Crippen LogP contribution in [0.1, 0.15) is 5.56 Å². The summed E-state index contributed by atoms with van der Waals surface area (Å²) < 4.78 is 2.33. The van der Waals surface area contributed by atoms with Gasteiger partial charge in [0.15, 0.2) is 0 Å². The SMILES string of the molecule is N#Cc1cc2ccc3cc(-c4ccc(-c5ccc6ccc7c(-c8cccc(-c9ccccc9)n8)ccc8ccc5c6c87)c5ccccc45)cc4c3c2c(c1)n4-c1ccccc1. The van der Waals surface area contributed by atoms with E-state index >= 15 is 0 Å². The van der Waals surface area contributed by atoms with E-state index in [1.54, 1.807) is 0 Å². The lowest BCUT2D eigenvalue weighted by Gasteiger charge is -2.18. The predicted octanol–water partition coefficient (Wildman–Crippen LogP) is 15.4. The first-order valence-electron chi connectivity index (χ1n) is 20.8. The molecule has 0 radical (unpaired) electrons. The summed E-state index contributed by atoms with van der Waals surface area (Å²) in [7, 11) is 0. The molecule has 0 fully saturated rings. The summed E-state index contributed by atoms with van der Waals surface area (Å²) in [5.41, 5.74) is 12.9. The summed E-state index contributed by atoms with van der Waals surface area (Å²) in [6, 6.07) is 74.5. The van der Waals surface area contributed by atoms with Crippen LogP contribution in [0.2, 0.25) is 0 Å². The Hall–Kier alpha value is -8.32. The second-order valence-electron chi connectivity index (χ2n) is 16.2. The first-order chi connectivity index (χ1) is 30.2. The molecule has 0 bridgehead atoms. The number of rotatable bonds is 5. The molecule has 280 valence electrons. The van der Waals surface area contributed by atoms with Gasteiger partial charge in [-0.25, -0.2) is 4.98 Å². The molecule has 0 N–H and O–H groups in total. The van der Waals surface area contributed by atoms with E-state index in [9.17, 15) is 5.26 Å². The topological polar surface area (TPSA) is 41.6 Å². The van der Waals surface area contributed by atoms with E-state index in [1.807, 2.05) is 18.2 Å². The van der Waals surface area contributed by atoms with Gasteiger partial charge in [0.1, 0.15) is 0 Å². The van der Waals surface area contributed by atoms with Crippen molar-refractivity contribution >= 4 is 75.7 Å². The number of pyridine rings is 1. The Kier molecular flexibility index (Phi) is 7.08. The minimum atomic E-state index is 0.662. The number of para-hydroxylation sites is 1. The van der Waals surface area contributed by atoms with E-state index in [0.717, 1.165) is 50.2 Å². The number of nitriles is 1. The van der Waals surface area contributed by atoms with Crippen LogP contribution < -0.4 is 0 Å². The fraction of sp³-hybridized carbons (Fsp3) is 0. The molecule has 0 aliphatic carbocycles. The molecule has 0 aliphatic rings. The summed E-state index contributed by atoms with van der Waals surface area (Å²) in [5, 5.41) is 24.6.